The number of aromatic amines is 1. The van der Waals surface area contributed by atoms with Crippen LogP contribution in [0.4, 0.5) is 0 Å². The van der Waals surface area contributed by atoms with Crippen LogP contribution in [0, 0.1) is 0 Å². The highest BCUT2D eigenvalue weighted by molar-refractivity contribution is 7.99. The predicted molar refractivity (Wildman–Crippen MR) is 73.7 cm³/mol. The molecule has 3 nitrogen and oxygen atoms in total. The van der Waals surface area contributed by atoms with Crippen LogP contribution in [-0.2, 0) is 6.42 Å². The van der Waals surface area contributed by atoms with Gasteiger partial charge in [-0.2, -0.15) is 0 Å². The largest absolute Gasteiger partial charge is 0.301 e. The van der Waals surface area contributed by atoms with E-state index in [1.807, 2.05) is 0 Å². The maximum atomic E-state index is 11.4. The summed E-state index contributed by atoms with van der Waals surface area (Å²) in [6.45, 7) is 4.31. The number of thioether (sulfide) groups is 1. The zero-order valence-electron chi connectivity index (χ0n) is 10.8. The Morgan fingerprint density at radius 3 is 2.76 bits per heavy atom. The van der Waals surface area contributed by atoms with Gasteiger partial charge in [0, 0.05) is 17.5 Å². The Bertz CT molecular complexity index is 376. The smallest absolute Gasteiger partial charge is 0.251 e. The lowest BCUT2D eigenvalue weighted by Crippen LogP contribution is -2.10. The van der Waals surface area contributed by atoms with E-state index < -0.39 is 0 Å². The second-order valence-electron chi connectivity index (χ2n) is 4.20. The summed E-state index contributed by atoms with van der Waals surface area (Å²) >= 11 is 1.66. The third-order valence-corrected chi connectivity index (χ3v) is 3.48. The zero-order chi connectivity index (χ0) is 12.5. The molecule has 1 heterocycles. The molecule has 0 radical (unpaired) electrons. The molecule has 1 aromatic rings. The topological polar surface area (TPSA) is 45.8 Å². The van der Waals surface area contributed by atoms with Crippen molar-refractivity contribution in [2.75, 3.05) is 5.75 Å². The van der Waals surface area contributed by atoms with Gasteiger partial charge in [-0.25, -0.2) is 4.98 Å². The van der Waals surface area contributed by atoms with Gasteiger partial charge in [-0.05, 0) is 12.8 Å². The van der Waals surface area contributed by atoms with Gasteiger partial charge >= 0.3 is 0 Å². The molecule has 0 aliphatic heterocycles. The SMILES string of the molecule is CCCCCCSc1nc(CCC)cc(=O)[nH]1. The number of rotatable bonds is 8. The monoisotopic (exact) mass is 254 g/mol. The van der Waals surface area contributed by atoms with E-state index >= 15 is 0 Å². The van der Waals surface area contributed by atoms with Crippen LogP contribution in [-0.4, -0.2) is 15.7 Å². The standard InChI is InChI=1S/C13H22N2OS/c1-3-5-6-7-9-17-13-14-11(8-4-2)10-12(16)15-13/h10H,3-9H2,1-2H3,(H,14,15,16). The normalized spacial score (nSPS) is 10.7. The average Bonchev–Trinajstić information content (AvgIpc) is 2.28. The molecule has 0 aliphatic carbocycles. The molecule has 0 saturated carbocycles. The summed E-state index contributed by atoms with van der Waals surface area (Å²) in [5, 5.41) is 0.775. The van der Waals surface area contributed by atoms with Gasteiger partial charge in [0.05, 0.1) is 0 Å². The van der Waals surface area contributed by atoms with E-state index in [-0.39, 0.29) is 5.56 Å². The molecule has 0 spiro atoms. The maximum absolute atomic E-state index is 11.4. The van der Waals surface area contributed by atoms with Gasteiger partial charge in [-0.15, -0.1) is 0 Å². The minimum absolute atomic E-state index is 0.0282. The second kappa shape index (κ2) is 8.34. The summed E-state index contributed by atoms with van der Waals surface area (Å²) in [6.07, 6.45) is 6.92. The number of aromatic nitrogens is 2. The van der Waals surface area contributed by atoms with E-state index in [9.17, 15) is 4.79 Å². The number of hydrogen-bond acceptors (Lipinski definition) is 3. The molecular formula is C13H22N2OS. The third-order valence-electron chi connectivity index (χ3n) is 2.52. The van der Waals surface area contributed by atoms with E-state index in [4.69, 9.17) is 0 Å². The number of aryl methyl sites for hydroxylation is 1. The van der Waals surface area contributed by atoms with Crippen LogP contribution in [0.25, 0.3) is 0 Å². The minimum Gasteiger partial charge on any atom is -0.301 e. The molecule has 0 unspecified atom stereocenters. The summed E-state index contributed by atoms with van der Waals surface area (Å²) in [5.74, 6) is 1.04. The molecule has 0 atom stereocenters. The number of unbranched alkanes of at least 4 members (excludes halogenated alkanes) is 3. The highest BCUT2D eigenvalue weighted by atomic mass is 32.2. The molecule has 17 heavy (non-hydrogen) atoms. The highest BCUT2D eigenvalue weighted by Gasteiger charge is 2.01. The Labute approximate surface area is 107 Å². The first-order chi connectivity index (χ1) is 8.26. The van der Waals surface area contributed by atoms with Crippen molar-refractivity contribution in [2.24, 2.45) is 0 Å². The number of H-pyrrole nitrogens is 1. The van der Waals surface area contributed by atoms with E-state index in [0.29, 0.717) is 0 Å². The van der Waals surface area contributed by atoms with E-state index in [2.05, 4.69) is 23.8 Å². The summed E-state index contributed by atoms with van der Waals surface area (Å²) in [5.41, 5.74) is 0.881. The predicted octanol–water partition coefficient (Wildman–Crippen LogP) is 3.39. The van der Waals surface area contributed by atoms with E-state index in [0.717, 1.165) is 29.4 Å². The first kappa shape index (κ1) is 14.3. The minimum atomic E-state index is -0.0282. The van der Waals surface area contributed by atoms with Gasteiger partial charge in [0.2, 0.25) is 0 Å². The van der Waals surface area contributed by atoms with Crippen molar-refractivity contribution in [3.05, 3.63) is 22.1 Å². The third kappa shape index (κ3) is 5.91. The van der Waals surface area contributed by atoms with Crippen molar-refractivity contribution in [3.63, 3.8) is 0 Å². The van der Waals surface area contributed by atoms with Crippen molar-refractivity contribution >= 4 is 11.8 Å². The lowest BCUT2D eigenvalue weighted by Gasteiger charge is -2.03. The van der Waals surface area contributed by atoms with Gasteiger partial charge in [0.15, 0.2) is 5.16 Å². The highest BCUT2D eigenvalue weighted by Crippen LogP contribution is 2.14. The summed E-state index contributed by atoms with van der Waals surface area (Å²) < 4.78 is 0. The lowest BCUT2D eigenvalue weighted by molar-refractivity contribution is 0.705. The first-order valence-electron chi connectivity index (χ1n) is 6.49. The lowest BCUT2D eigenvalue weighted by atomic mass is 10.2. The van der Waals surface area contributed by atoms with E-state index in [1.165, 1.54) is 25.7 Å². The first-order valence-corrected chi connectivity index (χ1v) is 7.47. The molecule has 0 aliphatic rings. The Morgan fingerprint density at radius 1 is 1.24 bits per heavy atom. The maximum Gasteiger partial charge on any atom is 0.251 e. The molecule has 1 aromatic heterocycles. The van der Waals surface area contributed by atoms with Crippen molar-refractivity contribution in [2.45, 2.75) is 57.5 Å². The molecule has 0 fully saturated rings. The molecule has 96 valence electrons. The van der Waals surface area contributed by atoms with Crippen LogP contribution < -0.4 is 5.56 Å². The van der Waals surface area contributed by atoms with Crippen molar-refractivity contribution in [1.82, 2.24) is 9.97 Å². The Hall–Kier alpha value is -0.770. The van der Waals surface area contributed by atoms with Gasteiger partial charge in [-0.1, -0.05) is 51.3 Å². The van der Waals surface area contributed by atoms with Crippen LogP contribution in [0.5, 0.6) is 0 Å². The Kier molecular flexibility index (Phi) is 7.01. The Balaban J connectivity index is 2.44. The molecule has 0 aromatic carbocycles. The molecule has 1 N–H and O–H groups in total. The second-order valence-corrected chi connectivity index (χ2v) is 5.28. The molecule has 4 heteroatoms. The Morgan fingerprint density at radius 2 is 2.06 bits per heavy atom. The van der Waals surface area contributed by atoms with Crippen LogP contribution >= 0.6 is 11.8 Å². The number of hydrogen-bond donors (Lipinski definition) is 1. The average molecular weight is 254 g/mol. The summed E-state index contributed by atoms with van der Waals surface area (Å²) in [4.78, 5) is 18.7. The summed E-state index contributed by atoms with van der Waals surface area (Å²) in [6, 6.07) is 1.60. The molecule has 1 rings (SSSR count). The van der Waals surface area contributed by atoms with Gasteiger partial charge < -0.3 is 4.98 Å². The van der Waals surface area contributed by atoms with Crippen LogP contribution in [0.15, 0.2) is 16.0 Å². The molecule has 0 amide bonds. The molecular weight excluding hydrogens is 232 g/mol. The van der Waals surface area contributed by atoms with Crippen molar-refractivity contribution in [1.29, 1.82) is 0 Å². The summed E-state index contributed by atoms with van der Waals surface area (Å²) in [7, 11) is 0. The van der Waals surface area contributed by atoms with Crippen molar-refractivity contribution < 1.29 is 0 Å². The number of nitrogens with zero attached hydrogens (tertiary/aromatic N) is 1. The fourth-order valence-electron chi connectivity index (χ4n) is 1.63. The van der Waals surface area contributed by atoms with Crippen molar-refractivity contribution in [3.8, 4) is 0 Å². The molecule has 0 bridgehead atoms. The van der Waals surface area contributed by atoms with Gasteiger partial charge in [0.1, 0.15) is 0 Å². The quantitative estimate of drug-likeness (QED) is 0.439. The van der Waals surface area contributed by atoms with Crippen LogP contribution in [0.2, 0.25) is 0 Å². The van der Waals surface area contributed by atoms with Gasteiger partial charge in [-0.3, -0.25) is 4.79 Å². The van der Waals surface area contributed by atoms with E-state index in [1.54, 1.807) is 17.8 Å². The fourth-order valence-corrected chi connectivity index (χ4v) is 2.53. The zero-order valence-corrected chi connectivity index (χ0v) is 11.6. The van der Waals surface area contributed by atoms with Crippen LogP contribution in [0.1, 0.15) is 51.6 Å². The number of nitrogens with one attached hydrogen (secondary N) is 1. The molecule has 0 saturated heterocycles. The van der Waals surface area contributed by atoms with Crippen LogP contribution in [0.3, 0.4) is 0 Å². The van der Waals surface area contributed by atoms with Gasteiger partial charge in [0.25, 0.3) is 5.56 Å². The fraction of sp³-hybridized carbons (Fsp3) is 0.692.